The number of furan rings is 1. The highest BCUT2D eigenvalue weighted by atomic mass is 16.3. The molecule has 7 aromatic carbocycles. The molecule has 9 aromatic rings. The zero-order valence-electron chi connectivity index (χ0n) is 21.6. The number of hydrogen-bond donors (Lipinski definition) is 0. The van der Waals surface area contributed by atoms with Crippen LogP contribution in [0.15, 0.2) is 144 Å². The summed E-state index contributed by atoms with van der Waals surface area (Å²) >= 11 is 0. The summed E-state index contributed by atoms with van der Waals surface area (Å²) in [7, 11) is 0. The maximum absolute atomic E-state index is 6.69. The molecule has 0 aliphatic carbocycles. The Hall–Kier alpha value is -5.34. The molecule has 0 atom stereocenters. The zero-order chi connectivity index (χ0) is 26.2. The van der Waals surface area contributed by atoms with Crippen LogP contribution in [0.5, 0.6) is 0 Å². The Labute approximate surface area is 230 Å². The van der Waals surface area contributed by atoms with E-state index in [0.717, 1.165) is 27.8 Å². The first-order valence-electron chi connectivity index (χ1n) is 13.7. The molecule has 0 N–H and O–H groups in total. The van der Waals surface area contributed by atoms with Crippen LogP contribution in [0.1, 0.15) is 0 Å². The molecule has 0 unspecified atom stereocenters. The van der Waals surface area contributed by atoms with Crippen LogP contribution < -0.4 is 0 Å². The standard InChI is InChI=1S/C38H23NO/c1-2-12-27-24(10-1)11-9-17-28(27)25-20-22-26(23-21-25)39-33-18-7-5-15-31(33)35-29-13-3-4-14-30(29)36-32-16-6-8-19-34(32)40-38(36)37(35)39/h1-23H. The van der Waals surface area contributed by atoms with Gasteiger partial charge in [0.05, 0.1) is 11.0 Å². The average Bonchev–Trinajstić information content (AvgIpc) is 3.58. The first kappa shape index (κ1) is 21.6. The number of nitrogens with zero attached hydrogens (tertiary/aromatic N) is 1. The summed E-state index contributed by atoms with van der Waals surface area (Å²) < 4.78 is 9.07. The lowest BCUT2D eigenvalue weighted by atomic mass is 9.98. The summed E-state index contributed by atoms with van der Waals surface area (Å²) in [5.74, 6) is 0. The Morgan fingerprint density at radius 1 is 0.450 bits per heavy atom. The van der Waals surface area contributed by atoms with Crippen molar-refractivity contribution < 1.29 is 4.42 Å². The Morgan fingerprint density at radius 2 is 1.07 bits per heavy atom. The second-order valence-corrected chi connectivity index (χ2v) is 10.5. The van der Waals surface area contributed by atoms with Crippen molar-refractivity contribution >= 4 is 65.3 Å². The maximum Gasteiger partial charge on any atom is 0.160 e. The molecule has 0 radical (unpaired) electrons. The van der Waals surface area contributed by atoms with Gasteiger partial charge in [-0.05, 0) is 56.9 Å². The number of fused-ring (bicyclic) bond motifs is 11. The van der Waals surface area contributed by atoms with E-state index >= 15 is 0 Å². The Bertz CT molecular complexity index is 2420. The van der Waals surface area contributed by atoms with Crippen LogP contribution in [0.4, 0.5) is 0 Å². The van der Waals surface area contributed by atoms with E-state index < -0.39 is 0 Å². The van der Waals surface area contributed by atoms with Crippen LogP contribution in [-0.4, -0.2) is 4.57 Å². The highest BCUT2D eigenvalue weighted by molar-refractivity contribution is 6.35. The molecular formula is C38H23NO. The van der Waals surface area contributed by atoms with Gasteiger partial charge in [-0.1, -0.05) is 115 Å². The van der Waals surface area contributed by atoms with Crippen LogP contribution in [0.25, 0.3) is 82.1 Å². The summed E-state index contributed by atoms with van der Waals surface area (Å²) in [6, 6.07) is 49.9. The van der Waals surface area contributed by atoms with Gasteiger partial charge in [0.15, 0.2) is 5.58 Å². The van der Waals surface area contributed by atoms with Gasteiger partial charge in [-0.3, -0.25) is 0 Å². The molecule has 0 amide bonds. The molecule has 40 heavy (non-hydrogen) atoms. The average molecular weight is 510 g/mol. The van der Waals surface area contributed by atoms with Crippen molar-refractivity contribution in [2.75, 3.05) is 0 Å². The quantitative estimate of drug-likeness (QED) is 0.227. The molecule has 0 fully saturated rings. The molecule has 0 bridgehead atoms. The second-order valence-electron chi connectivity index (χ2n) is 10.5. The van der Waals surface area contributed by atoms with Gasteiger partial charge in [-0.15, -0.1) is 0 Å². The number of para-hydroxylation sites is 2. The van der Waals surface area contributed by atoms with E-state index in [4.69, 9.17) is 4.42 Å². The highest BCUT2D eigenvalue weighted by Gasteiger charge is 2.22. The third-order valence-corrected chi connectivity index (χ3v) is 8.38. The highest BCUT2D eigenvalue weighted by Crippen LogP contribution is 2.45. The predicted octanol–water partition coefficient (Wildman–Crippen LogP) is 10.7. The predicted molar refractivity (Wildman–Crippen MR) is 169 cm³/mol. The van der Waals surface area contributed by atoms with E-state index in [0.29, 0.717) is 0 Å². The van der Waals surface area contributed by atoms with E-state index in [1.807, 2.05) is 6.07 Å². The fourth-order valence-corrected chi connectivity index (χ4v) is 6.66. The van der Waals surface area contributed by atoms with E-state index in [9.17, 15) is 0 Å². The number of aromatic nitrogens is 1. The van der Waals surface area contributed by atoms with Gasteiger partial charge in [0.1, 0.15) is 5.58 Å². The summed E-state index contributed by atoms with van der Waals surface area (Å²) in [6.07, 6.45) is 0. The van der Waals surface area contributed by atoms with Crippen molar-refractivity contribution in [1.29, 1.82) is 0 Å². The molecule has 0 saturated carbocycles. The molecule has 0 spiro atoms. The summed E-state index contributed by atoms with van der Waals surface area (Å²) in [6.45, 7) is 0. The van der Waals surface area contributed by atoms with Crippen molar-refractivity contribution in [2.24, 2.45) is 0 Å². The molecule has 2 heteroatoms. The SMILES string of the molecule is c1ccc2c(-c3ccc(-n4c5ccccc5c5c6ccccc6c6c7ccccc7oc6c54)cc3)cccc2c1. The normalized spacial score (nSPS) is 12.0. The Balaban J connectivity index is 1.40. The maximum atomic E-state index is 6.69. The third kappa shape index (κ3) is 2.88. The van der Waals surface area contributed by atoms with Gasteiger partial charge in [-0.25, -0.2) is 0 Å². The topological polar surface area (TPSA) is 18.1 Å². The van der Waals surface area contributed by atoms with Gasteiger partial charge < -0.3 is 8.98 Å². The van der Waals surface area contributed by atoms with Crippen molar-refractivity contribution in [2.45, 2.75) is 0 Å². The monoisotopic (exact) mass is 509 g/mol. The van der Waals surface area contributed by atoms with Crippen LogP contribution >= 0.6 is 0 Å². The molecule has 0 aliphatic rings. The van der Waals surface area contributed by atoms with Gasteiger partial charge in [-0.2, -0.15) is 0 Å². The molecule has 186 valence electrons. The van der Waals surface area contributed by atoms with Gasteiger partial charge in [0, 0.05) is 27.2 Å². The molecule has 2 aromatic heterocycles. The lowest BCUT2D eigenvalue weighted by molar-refractivity contribution is 0.671. The van der Waals surface area contributed by atoms with Gasteiger partial charge >= 0.3 is 0 Å². The Morgan fingerprint density at radius 3 is 1.90 bits per heavy atom. The summed E-state index contributed by atoms with van der Waals surface area (Å²) in [5.41, 5.74) is 7.71. The lowest BCUT2D eigenvalue weighted by Crippen LogP contribution is -1.94. The van der Waals surface area contributed by atoms with Crippen molar-refractivity contribution in [1.82, 2.24) is 4.57 Å². The van der Waals surface area contributed by atoms with Crippen LogP contribution in [0, 0.1) is 0 Å². The molecule has 0 aliphatic heterocycles. The second kappa shape index (κ2) is 8.08. The number of benzene rings is 7. The first-order chi connectivity index (χ1) is 19.9. The van der Waals surface area contributed by atoms with Crippen molar-refractivity contribution in [3.63, 3.8) is 0 Å². The van der Waals surface area contributed by atoms with Crippen LogP contribution in [0.2, 0.25) is 0 Å². The van der Waals surface area contributed by atoms with E-state index in [1.54, 1.807) is 0 Å². The molecular weight excluding hydrogens is 486 g/mol. The smallest absolute Gasteiger partial charge is 0.160 e. The van der Waals surface area contributed by atoms with Crippen LogP contribution in [-0.2, 0) is 0 Å². The van der Waals surface area contributed by atoms with Gasteiger partial charge in [0.25, 0.3) is 0 Å². The fraction of sp³-hybridized carbons (Fsp3) is 0. The minimum absolute atomic E-state index is 0.915. The van der Waals surface area contributed by atoms with Crippen molar-refractivity contribution in [3.8, 4) is 16.8 Å². The minimum atomic E-state index is 0.915. The zero-order valence-corrected chi connectivity index (χ0v) is 21.6. The Kier molecular flexibility index (Phi) is 4.36. The largest absolute Gasteiger partial charge is 0.454 e. The van der Waals surface area contributed by atoms with E-state index in [2.05, 4.69) is 138 Å². The lowest BCUT2D eigenvalue weighted by Gasteiger charge is -2.11. The molecule has 0 saturated heterocycles. The number of hydrogen-bond acceptors (Lipinski definition) is 1. The summed E-state index contributed by atoms with van der Waals surface area (Å²) in [5, 5.41) is 9.79. The molecule has 2 heterocycles. The van der Waals surface area contributed by atoms with Crippen molar-refractivity contribution in [3.05, 3.63) is 140 Å². The number of rotatable bonds is 2. The van der Waals surface area contributed by atoms with Crippen LogP contribution in [0.3, 0.4) is 0 Å². The minimum Gasteiger partial charge on any atom is -0.454 e. The third-order valence-electron chi connectivity index (χ3n) is 8.38. The molecule has 9 rings (SSSR count). The fourth-order valence-electron chi connectivity index (χ4n) is 6.66. The summed E-state index contributed by atoms with van der Waals surface area (Å²) in [4.78, 5) is 0. The van der Waals surface area contributed by atoms with E-state index in [-0.39, 0.29) is 0 Å². The van der Waals surface area contributed by atoms with Gasteiger partial charge in [0.2, 0.25) is 0 Å². The van der Waals surface area contributed by atoms with E-state index in [1.165, 1.54) is 54.3 Å². The molecule has 2 nitrogen and oxygen atoms in total. The first-order valence-corrected chi connectivity index (χ1v) is 13.7.